The lowest BCUT2D eigenvalue weighted by atomic mass is 10.0. The number of carbonyl (C=O) groups is 2. The highest BCUT2D eigenvalue weighted by Gasteiger charge is 2.35. The van der Waals surface area contributed by atoms with Crippen LogP contribution in [0.4, 0.5) is 0 Å². The molecular formula is C20H20N4O3. The third-order valence-electron chi connectivity index (χ3n) is 5.07. The quantitative estimate of drug-likeness (QED) is 0.772. The number of hydrogen-bond acceptors (Lipinski definition) is 4. The first-order valence-electron chi connectivity index (χ1n) is 8.91. The van der Waals surface area contributed by atoms with Crippen molar-refractivity contribution in [3.63, 3.8) is 0 Å². The van der Waals surface area contributed by atoms with Crippen molar-refractivity contribution < 1.29 is 14.7 Å². The smallest absolute Gasteiger partial charge is 0.326 e. The van der Waals surface area contributed by atoms with Crippen LogP contribution in [0.1, 0.15) is 28.9 Å². The Balaban J connectivity index is 1.91. The molecule has 7 nitrogen and oxygen atoms in total. The lowest BCUT2D eigenvalue weighted by molar-refractivity contribution is -0.141. The number of aliphatic carboxylic acids is 1. The van der Waals surface area contributed by atoms with Crippen LogP contribution in [0.25, 0.3) is 22.3 Å². The number of pyridine rings is 1. The molecule has 138 valence electrons. The highest BCUT2D eigenvalue weighted by molar-refractivity contribution is 6.08. The van der Waals surface area contributed by atoms with Gasteiger partial charge in [0, 0.05) is 19.2 Å². The van der Waals surface area contributed by atoms with E-state index in [1.54, 1.807) is 17.8 Å². The van der Waals surface area contributed by atoms with Gasteiger partial charge >= 0.3 is 5.97 Å². The molecule has 1 amide bonds. The van der Waals surface area contributed by atoms with Gasteiger partial charge in [-0.1, -0.05) is 30.3 Å². The van der Waals surface area contributed by atoms with E-state index in [9.17, 15) is 14.7 Å². The molecule has 1 aromatic carbocycles. The average Bonchev–Trinajstić information content (AvgIpc) is 3.27. The molecule has 1 atom stereocenters. The SMILES string of the molecule is Cc1nn(C)c2nc(-c3ccccc3)cc(C(=O)N3CCC[C@H]3C(=O)O)c12. The van der Waals surface area contributed by atoms with Crippen LogP contribution in [-0.4, -0.2) is 49.2 Å². The van der Waals surface area contributed by atoms with Crippen LogP contribution < -0.4 is 0 Å². The fraction of sp³-hybridized carbons (Fsp3) is 0.300. The van der Waals surface area contributed by atoms with Crippen LogP contribution in [0, 0.1) is 6.92 Å². The van der Waals surface area contributed by atoms with Gasteiger partial charge in [-0.05, 0) is 25.8 Å². The maximum atomic E-state index is 13.3. The average molecular weight is 364 g/mol. The Morgan fingerprint density at radius 2 is 1.96 bits per heavy atom. The summed E-state index contributed by atoms with van der Waals surface area (Å²) >= 11 is 0. The Morgan fingerprint density at radius 1 is 1.22 bits per heavy atom. The Hall–Kier alpha value is -3.22. The molecule has 1 N–H and O–H groups in total. The topological polar surface area (TPSA) is 88.3 Å². The zero-order chi connectivity index (χ0) is 19.1. The molecule has 27 heavy (non-hydrogen) atoms. The third kappa shape index (κ3) is 2.85. The summed E-state index contributed by atoms with van der Waals surface area (Å²) in [7, 11) is 1.79. The lowest BCUT2D eigenvalue weighted by Crippen LogP contribution is -2.40. The van der Waals surface area contributed by atoms with Gasteiger partial charge < -0.3 is 10.0 Å². The van der Waals surface area contributed by atoms with E-state index in [-0.39, 0.29) is 5.91 Å². The van der Waals surface area contributed by atoms with E-state index in [4.69, 9.17) is 4.98 Å². The Bertz CT molecular complexity index is 1040. The fourth-order valence-electron chi connectivity index (χ4n) is 3.79. The van der Waals surface area contributed by atoms with E-state index in [1.807, 2.05) is 37.3 Å². The maximum absolute atomic E-state index is 13.3. The summed E-state index contributed by atoms with van der Waals surface area (Å²) in [5.74, 6) is -1.24. The Labute approximate surface area is 156 Å². The fourth-order valence-corrected chi connectivity index (χ4v) is 3.79. The number of hydrogen-bond donors (Lipinski definition) is 1. The first-order valence-corrected chi connectivity index (χ1v) is 8.91. The number of carboxylic acids is 1. The van der Waals surface area contributed by atoms with Gasteiger partial charge in [-0.25, -0.2) is 9.78 Å². The van der Waals surface area contributed by atoms with E-state index >= 15 is 0 Å². The molecule has 4 rings (SSSR count). The zero-order valence-electron chi connectivity index (χ0n) is 15.2. The molecule has 7 heteroatoms. The summed E-state index contributed by atoms with van der Waals surface area (Å²) in [6.07, 6.45) is 1.17. The van der Waals surface area contributed by atoms with Crippen molar-refractivity contribution in [3.8, 4) is 11.3 Å². The molecule has 3 aromatic rings. The number of rotatable bonds is 3. The van der Waals surface area contributed by atoms with Crippen LogP contribution in [0.2, 0.25) is 0 Å². The number of carboxylic acid groups (broad SMARTS) is 1. The molecule has 0 spiro atoms. The summed E-state index contributed by atoms with van der Waals surface area (Å²) in [6, 6.07) is 10.6. The zero-order valence-corrected chi connectivity index (χ0v) is 15.2. The van der Waals surface area contributed by atoms with Crippen molar-refractivity contribution in [2.45, 2.75) is 25.8 Å². The molecule has 0 unspecified atom stereocenters. The maximum Gasteiger partial charge on any atom is 0.326 e. The van der Waals surface area contributed by atoms with Crippen molar-refractivity contribution in [2.75, 3.05) is 6.54 Å². The molecule has 1 saturated heterocycles. The predicted octanol–water partition coefficient (Wildman–Crippen LogP) is 2.63. The summed E-state index contributed by atoms with van der Waals surface area (Å²) in [6.45, 7) is 2.28. The van der Waals surface area contributed by atoms with Gasteiger partial charge in [0.15, 0.2) is 5.65 Å². The number of aromatic nitrogens is 3. The molecule has 1 fully saturated rings. The number of amides is 1. The van der Waals surface area contributed by atoms with E-state index in [0.29, 0.717) is 47.4 Å². The first-order chi connectivity index (χ1) is 13.0. The van der Waals surface area contributed by atoms with Gasteiger partial charge in [0.1, 0.15) is 6.04 Å². The molecule has 1 aliphatic rings. The van der Waals surface area contributed by atoms with Crippen molar-refractivity contribution in [3.05, 3.63) is 47.7 Å². The van der Waals surface area contributed by atoms with Crippen molar-refractivity contribution in [1.82, 2.24) is 19.7 Å². The molecule has 0 aliphatic carbocycles. The molecule has 0 bridgehead atoms. The second-order valence-electron chi connectivity index (χ2n) is 6.82. The van der Waals surface area contributed by atoms with Gasteiger partial charge in [-0.15, -0.1) is 0 Å². The van der Waals surface area contributed by atoms with Crippen LogP contribution in [0.3, 0.4) is 0 Å². The minimum Gasteiger partial charge on any atom is -0.480 e. The predicted molar refractivity (Wildman–Crippen MR) is 100 cm³/mol. The summed E-state index contributed by atoms with van der Waals surface area (Å²) < 4.78 is 1.66. The largest absolute Gasteiger partial charge is 0.480 e. The van der Waals surface area contributed by atoms with Gasteiger partial charge in [0.05, 0.1) is 22.3 Å². The van der Waals surface area contributed by atoms with E-state index in [2.05, 4.69) is 5.10 Å². The highest BCUT2D eigenvalue weighted by atomic mass is 16.4. The molecule has 0 saturated carbocycles. The number of likely N-dealkylation sites (tertiary alicyclic amines) is 1. The van der Waals surface area contributed by atoms with Crippen molar-refractivity contribution in [1.29, 1.82) is 0 Å². The highest BCUT2D eigenvalue weighted by Crippen LogP contribution is 2.29. The number of nitrogens with zero attached hydrogens (tertiary/aromatic N) is 4. The minimum atomic E-state index is -0.961. The van der Waals surface area contributed by atoms with Gasteiger partial charge in [-0.2, -0.15) is 5.10 Å². The van der Waals surface area contributed by atoms with Crippen molar-refractivity contribution >= 4 is 22.9 Å². The number of carbonyl (C=O) groups excluding carboxylic acids is 1. The summed E-state index contributed by atoms with van der Waals surface area (Å²) in [4.78, 5) is 31.0. The van der Waals surface area contributed by atoms with Crippen LogP contribution in [0.5, 0.6) is 0 Å². The first kappa shape index (κ1) is 17.2. The van der Waals surface area contributed by atoms with Crippen molar-refractivity contribution in [2.24, 2.45) is 7.05 Å². The number of aryl methyl sites for hydroxylation is 2. The second-order valence-corrected chi connectivity index (χ2v) is 6.82. The lowest BCUT2D eigenvalue weighted by Gasteiger charge is -2.22. The van der Waals surface area contributed by atoms with E-state index < -0.39 is 12.0 Å². The monoisotopic (exact) mass is 364 g/mol. The molecule has 3 heterocycles. The molecule has 1 aliphatic heterocycles. The van der Waals surface area contributed by atoms with Crippen LogP contribution in [-0.2, 0) is 11.8 Å². The third-order valence-corrected chi connectivity index (χ3v) is 5.07. The number of benzene rings is 1. The van der Waals surface area contributed by atoms with E-state index in [1.165, 1.54) is 4.90 Å². The van der Waals surface area contributed by atoms with Gasteiger partial charge in [0.2, 0.25) is 0 Å². The molecule has 2 aromatic heterocycles. The Kier molecular flexibility index (Phi) is 4.14. The Morgan fingerprint density at radius 3 is 2.67 bits per heavy atom. The summed E-state index contributed by atoms with van der Waals surface area (Å²) in [5, 5.41) is 14.6. The standard InChI is InChI=1S/C20H20N4O3/c1-12-17-14(19(25)24-10-6-9-16(24)20(26)27)11-15(13-7-4-3-5-8-13)21-18(17)23(2)22-12/h3-5,7-8,11,16H,6,9-10H2,1-2H3,(H,26,27)/t16-/m0/s1. The normalized spacial score (nSPS) is 16.8. The van der Waals surface area contributed by atoms with E-state index in [0.717, 1.165) is 5.56 Å². The van der Waals surface area contributed by atoms with Crippen LogP contribution >= 0.6 is 0 Å². The minimum absolute atomic E-state index is 0.277. The van der Waals surface area contributed by atoms with Gasteiger partial charge in [0.25, 0.3) is 5.91 Å². The summed E-state index contributed by atoms with van der Waals surface area (Å²) in [5.41, 5.74) is 3.33. The number of fused-ring (bicyclic) bond motifs is 1. The van der Waals surface area contributed by atoms with Crippen LogP contribution in [0.15, 0.2) is 36.4 Å². The molecular weight excluding hydrogens is 344 g/mol. The molecule has 0 radical (unpaired) electrons. The second kappa shape index (κ2) is 6.50. The van der Waals surface area contributed by atoms with Gasteiger partial charge in [-0.3, -0.25) is 9.48 Å².